The molecular formula is C27H26F2N4O2. The van der Waals surface area contributed by atoms with Crippen LogP contribution in [0.3, 0.4) is 0 Å². The quantitative estimate of drug-likeness (QED) is 0.388. The number of hydrogen-bond donors (Lipinski definition) is 1. The van der Waals surface area contributed by atoms with E-state index in [0.717, 1.165) is 45.3 Å². The molecular weight excluding hydrogens is 450 g/mol. The van der Waals surface area contributed by atoms with E-state index >= 15 is 0 Å². The molecule has 2 aromatic carbocycles. The first-order valence-electron chi connectivity index (χ1n) is 11.9. The van der Waals surface area contributed by atoms with Gasteiger partial charge in [0.05, 0.1) is 38.1 Å². The molecule has 35 heavy (non-hydrogen) atoms. The summed E-state index contributed by atoms with van der Waals surface area (Å²) in [7, 11) is 1.67. The van der Waals surface area contributed by atoms with Crippen LogP contribution in [0.5, 0.6) is 5.75 Å². The average Bonchev–Trinajstić information content (AvgIpc) is 3.47. The Balaban J connectivity index is 1.49. The van der Waals surface area contributed by atoms with Gasteiger partial charge in [-0.3, -0.25) is 0 Å². The van der Waals surface area contributed by atoms with Gasteiger partial charge in [-0.25, -0.2) is 18.3 Å². The summed E-state index contributed by atoms with van der Waals surface area (Å²) in [5, 5.41) is 8.87. The predicted octanol–water partition coefficient (Wildman–Crippen LogP) is 5.91. The van der Waals surface area contributed by atoms with Gasteiger partial charge in [-0.05, 0) is 42.5 Å². The molecule has 0 unspecified atom stereocenters. The Labute approximate surface area is 201 Å². The Bertz CT molecular complexity index is 1480. The van der Waals surface area contributed by atoms with Crippen molar-refractivity contribution in [1.82, 2.24) is 14.6 Å². The maximum atomic E-state index is 14.4. The molecule has 1 aliphatic carbocycles. The summed E-state index contributed by atoms with van der Waals surface area (Å²) in [6.45, 7) is 3.22. The fraction of sp³-hybridized carbons (Fsp3) is 0.333. The largest absolute Gasteiger partial charge is 0.496 e. The summed E-state index contributed by atoms with van der Waals surface area (Å²) in [6.07, 6.45) is 4.82. The second kappa shape index (κ2) is 8.30. The Morgan fingerprint density at radius 2 is 2.09 bits per heavy atom. The van der Waals surface area contributed by atoms with E-state index in [1.54, 1.807) is 30.0 Å². The van der Waals surface area contributed by atoms with Crippen LogP contribution < -0.4 is 10.1 Å². The number of anilines is 1. The lowest BCUT2D eigenvalue weighted by atomic mass is 9.97. The van der Waals surface area contributed by atoms with Crippen molar-refractivity contribution in [2.24, 2.45) is 0 Å². The van der Waals surface area contributed by atoms with Crippen LogP contribution in [0.2, 0.25) is 0 Å². The summed E-state index contributed by atoms with van der Waals surface area (Å²) < 4.78 is 41.8. The molecule has 1 aliphatic heterocycles. The molecule has 1 N–H and O–H groups in total. The van der Waals surface area contributed by atoms with Gasteiger partial charge in [0.15, 0.2) is 5.65 Å². The van der Waals surface area contributed by atoms with Crippen LogP contribution in [-0.4, -0.2) is 34.9 Å². The number of alkyl halides is 2. The first kappa shape index (κ1) is 22.0. The molecule has 4 aromatic rings. The molecule has 6 nitrogen and oxygen atoms in total. The zero-order valence-electron chi connectivity index (χ0n) is 19.6. The lowest BCUT2D eigenvalue weighted by Gasteiger charge is -2.22. The van der Waals surface area contributed by atoms with Crippen LogP contribution in [0.25, 0.3) is 22.1 Å². The fourth-order valence-electron chi connectivity index (χ4n) is 5.31. The van der Waals surface area contributed by atoms with Gasteiger partial charge in [-0.1, -0.05) is 24.3 Å². The molecule has 3 heterocycles. The van der Waals surface area contributed by atoms with Crippen molar-refractivity contribution >= 4 is 27.9 Å². The molecule has 8 heteroatoms. The second-order valence-electron chi connectivity index (χ2n) is 9.13. The highest BCUT2D eigenvalue weighted by molar-refractivity contribution is 5.95. The smallest absolute Gasteiger partial charge is 0.273 e. The zero-order chi connectivity index (χ0) is 24.2. The number of aromatic nitrogens is 3. The standard InChI is InChI=1S/C27H26F2N4O2/c1-16(18-4-3-5-22-19(18)6-10-27(22,28)29)31-26-21-14-20(17-8-12-35-13-9-17)24(34-2)15-23(21)33-25(32-26)7-11-30-33/h3-5,7-8,11,14-16H,6,9-10,12-13H2,1-2H3,(H,31,32)/t16-/m1/s1. The molecule has 2 aromatic heterocycles. The normalized spacial score (nSPS) is 17.9. The minimum Gasteiger partial charge on any atom is -0.496 e. The van der Waals surface area contributed by atoms with E-state index in [2.05, 4.69) is 22.6 Å². The van der Waals surface area contributed by atoms with Gasteiger partial charge in [0.25, 0.3) is 5.92 Å². The maximum Gasteiger partial charge on any atom is 0.273 e. The molecule has 180 valence electrons. The van der Waals surface area contributed by atoms with E-state index in [-0.39, 0.29) is 18.0 Å². The molecule has 6 rings (SSSR count). The lowest BCUT2D eigenvalue weighted by molar-refractivity contribution is -0.00184. The van der Waals surface area contributed by atoms with Crippen LogP contribution in [0, 0.1) is 0 Å². The van der Waals surface area contributed by atoms with Gasteiger partial charge in [-0.15, -0.1) is 0 Å². The number of nitrogens with one attached hydrogen (secondary N) is 1. The van der Waals surface area contributed by atoms with Gasteiger partial charge in [0.2, 0.25) is 0 Å². The maximum absolute atomic E-state index is 14.4. The van der Waals surface area contributed by atoms with E-state index in [0.29, 0.717) is 31.1 Å². The third kappa shape index (κ3) is 3.63. The summed E-state index contributed by atoms with van der Waals surface area (Å²) in [4.78, 5) is 4.85. The molecule has 0 spiro atoms. The number of hydrogen-bond acceptors (Lipinski definition) is 5. The number of rotatable bonds is 5. The van der Waals surface area contributed by atoms with E-state index in [1.807, 2.05) is 25.1 Å². The fourth-order valence-corrected chi connectivity index (χ4v) is 5.31. The molecule has 0 bridgehead atoms. The van der Waals surface area contributed by atoms with Crippen LogP contribution in [0.15, 0.2) is 48.7 Å². The topological polar surface area (TPSA) is 60.7 Å². The minimum atomic E-state index is -2.77. The number of ether oxygens (including phenoxy) is 2. The van der Waals surface area contributed by atoms with Crippen LogP contribution >= 0.6 is 0 Å². The second-order valence-corrected chi connectivity index (χ2v) is 9.13. The van der Waals surface area contributed by atoms with Gasteiger partial charge in [0, 0.05) is 35.1 Å². The monoisotopic (exact) mass is 476 g/mol. The molecule has 0 amide bonds. The van der Waals surface area contributed by atoms with Crippen molar-refractivity contribution in [3.8, 4) is 5.75 Å². The Kier molecular flexibility index (Phi) is 5.21. The highest BCUT2D eigenvalue weighted by Gasteiger charge is 2.40. The third-order valence-electron chi connectivity index (χ3n) is 7.07. The highest BCUT2D eigenvalue weighted by Crippen LogP contribution is 2.44. The third-order valence-corrected chi connectivity index (χ3v) is 7.07. The molecule has 0 radical (unpaired) electrons. The molecule has 0 saturated heterocycles. The Morgan fingerprint density at radius 1 is 1.20 bits per heavy atom. The number of fused-ring (bicyclic) bond motifs is 4. The molecule has 0 saturated carbocycles. The van der Waals surface area contributed by atoms with Crippen molar-refractivity contribution in [1.29, 1.82) is 0 Å². The van der Waals surface area contributed by atoms with Crippen LogP contribution in [-0.2, 0) is 17.1 Å². The summed E-state index contributed by atoms with van der Waals surface area (Å²) >= 11 is 0. The first-order valence-corrected chi connectivity index (χ1v) is 11.9. The van der Waals surface area contributed by atoms with Gasteiger partial charge in [0.1, 0.15) is 11.6 Å². The Morgan fingerprint density at radius 3 is 2.89 bits per heavy atom. The van der Waals surface area contributed by atoms with E-state index in [1.165, 1.54) is 0 Å². The summed E-state index contributed by atoms with van der Waals surface area (Å²) in [5.41, 5.74) is 5.46. The zero-order valence-corrected chi connectivity index (χ0v) is 19.6. The van der Waals surface area contributed by atoms with Crippen molar-refractivity contribution < 1.29 is 18.3 Å². The van der Waals surface area contributed by atoms with Crippen LogP contribution in [0.1, 0.15) is 48.1 Å². The van der Waals surface area contributed by atoms with Crippen LogP contribution in [0.4, 0.5) is 14.6 Å². The first-order chi connectivity index (χ1) is 17.0. The summed E-state index contributed by atoms with van der Waals surface area (Å²) in [5.74, 6) is -1.33. The number of methoxy groups -OCH3 is 1. The van der Waals surface area contributed by atoms with E-state index < -0.39 is 5.92 Å². The van der Waals surface area contributed by atoms with Gasteiger partial charge in [-0.2, -0.15) is 5.10 Å². The molecule has 2 aliphatic rings. The number of nitrogens with zero attached hydrogens (tertiary/aromatic N) is 3. The van der Waals surface area contributed by atoms with E-state index in [4.69, 9.17) is 14.5 Å². The number of halogens is 2. The molecule has 1 atom stereocenters. The molecule has 0 fully saturated rings. The van der Waals surface area contributed by atoms with Gasteiger partial charge < -0.3 is 14.8 Å². The lowest BCUT2D eigenvalue weighted by Crippen LogP contribution is -2.13. The Hall–Kier alpha value is -3.52. The van der Waals surface area contributed by atoms with Gasteiger partial charge >= 0.3 is 0 Å². The SMILES string of the molecule is COc1cc2c(cc1C1=CCOCC1)c(N[C@H](C)c1cccc3c1CCC3(F)F)nc1ccnn12. The van der Waals surface area contributed by atoms with Crippen molar-refractivity contribution in [3.05, 3.63) is 70.9 Å². The van der Waals surface area contributed by atoms with Crippen molar-refractivity contribution in [3.63, 3.8) is 0 Å². The highest BCUT2D eigenvalue weighted by atomic mass is 19.3. The van der Waals surface area contributed by atoms with Crippen molar-refractivity contribution in [2.45, 2.75) is 38.2 Å². The summed E-state index contributed by atoms with van der Waals surface area (Å²) in [6, 6.07) is 10.9. The minimum absolute atomic E-state index is 0.142. The number of benzene rings is 2. The van der Waals surface area contributed by atoms with E-state index in [9.17, 15) is 8.78 Å². The van der Waals surface area contributed by atoms with Crippen molar-refractivity contribution in [2.75, 3.05) is 25.6 Å². The predicted molar refractivity (Wildman–Crippen MR) is 131 cm³/mol. The average molecular weight is 477 g/mol.